The normalized spacial score (nSPS) is 12.7. The molecule has 242 valence electrons. The molecule has 0 atom stereocenters. The molecule has 12 heteroatoms. The third-order valence-electron chi connectivity index (χ3n) is 5.73. The van der Waals surface area contributed by atoms with E-state index in [1.54, 1.807) is 66.1 Å². The summed E-state index contributed by atoms with van der Waals surface area (Å²) in [6.07, 6.45) is 6.63. The zero-order valence-electron chi connectivity index (χ0n) is 26.6. The molecular weight excluding hydrogens is 570 g/mol. The third-order valence-corrected chi connectivity index (χ3v) is 5.73. The SMILES string of the molecule is CC(C)(C)OC(=O)N(C(=O)OC(C)(C)C)c1ccc(CCCO)cn1.Nc1ccc(CCCN2CCCC2=O)cn1.[CH3-].[SH-]. The van der Waals surface area contributed by atoms with E-state index in [-0.39, 0.29) is 33.3 Å². The summed E-state index contributed by atoms with van der Waals surface area (Å²) < 4.78 is 10.6. The Morgan fingerprint density at radius 2 is 1.47 bits per heavy atom. The maximum Gasteiger partial charge on any atom is 0.425 e. The number of aliphatic hydroxyl groups excluding tert-OH is 1. The number of pyridine rings is 2. The minimum atomic E-state index is -0.850. The molecule has 1 aliphatic heterocycles. The van der Waals surface area contributed by atoms with Crippen molar-refractivity contribution in [3.8, 4) is 0 Å². The Bertz CT molecular complexity index is 1100. The van der Waals surface area contributed by atoms with Crippen LogP contribution in [-0.2, 0) is 40.6 Å². The predicted octanol–water partition coefficient (Wildman–Crippen LogP) is 5.08. The number of amides is 3. The van der Waals surface area contributed by atoms with Crippen molar-refractivity contribution in [2.24, 2.45) is 0 Å². The van der Waals surface area contributed by atoms with Crippen molar-refractivity contribution in [2.45, 2.75) is 91.3 Å². The molecule has 0 unspecified atom stereocenters. The van der Waals surface area contributed by atoms with Gasteiger partial charge in [-0.2, -0.15) is 4.90 Å². The highest BCUT2D eigenvalue weighted by Crippen LogP contribution is 2.20. The van der Waals surface area contributed by atoms with E-state index in [0.29, 0.717) is 24.6 Å². The van der Waals surface area contributed by atoms with Gasteiger partial charge in [0.25, 0.3) is 0 Å². The van der Waals surface area contributed by atoms with Gasteiger partial charge < -0.3 is 46.1 Å². The lowest BCUT2D eigenvalue weighted by molar-refractivity contribution is -0.127. The maximum atomic E-state index is 12.5. The molecule has 1 saturated heterocycles. The Labute approximate surface area is 263 Å². The highest BCUT2D eigenvalue weighted by molar-refractivity contribution is 7.37. The standard InChI is InChI=1S/C18H28N2O5.C12H17N3O.CH3.H2S/c1-17(2,3)24-15(22)20(16(23)25-18(4,5)6)14-10-9-13(12-19-14)8-7-11-21;13-11-6-5-10(9-14-11)3-1-7-15-8-2-4-12(15)16;;/h9-10,12,21H,7-8,11H2,1-6H3;5-6,9H,1-4,7-8H2,(H2,13,14);1H3;1H2/q;;-1;/p-1. The largest absolute Gasteiger partial charge is 0.813 e. The quantitative estimate of drug-likeness (QED) is 0.233. The number of carbonyl (C=O) groups excluding carboxylic acids is 3. The van der Waals surface area contributed by atoms with E-state index in [2.05, 4.69) is 9.97 Å². The lowest BCUT2D eigenvalue weighted by Gasteiger charge is -2.28. The fourth-order valence-corrected chi connectivity index (χ4v) is 3.86. The second kappa shape index (κ2) is 18.3. The van der Waals surface area contributed by atoms with Gasteiger partial charge in [0.15, 0.2) is 0 Å². The van der Waals surface area contributed by atoms with Gasteiger partial charge in [0.2, 0.25) is 5.91 Å². The Hall–Kier alpha value is -3.38. The van der Waals surface area contributed by atoms with Crippen molar-refractivity contribution < 1.29 is 29.0 Å². The van der Waals surface area contributed by atoms with Gasteiger partial charge >= 0.3 is 12.2 Å². The molecule has 1 fully saturated rings. The second-order valence-corrected chi connectivity index (χ2v) is 11.8. The van der Waals surface area contributed by atoms with Gasteiger partial charge in [-0.25, -0.2) is 19.6 Å². The number of hydrogen-bond donors (Lipinski definition) is 2. The minimum absolute atomic E-state index is 0. The van der Waals surface area contributed by atoms with Crippen molar-refractivity contribution in [1.29, 1.82) is 0 Å². The van der Waals surface area contributed by atoms with Crippen LogP contribution in [0.4, 0.5) is 21.2 Å². The molecule has 2 aromatic rings. The topological polar surface area (TPSA) is 148 Å². The molecule has 0 bridgehead atoms. The summed E-state index contributed by atoms with van der Waals surface area (Å²) in [6, 6.07) is 7.12. The number of anilines is 2. The van der Waals surface area contributed by atoms with Crippen LogP contribution in [0.3, 0.4) is 0 Å². The fraction of sp³-hybridized carbons (Fsp3) is 0.548. The van der Waals surface area contributed by atoms with Crippen LogP contribution in [0.5, 0.6) is 0 Å². The Kier molecular flexibility index (Phi) is 16.9. The van der Waals surface area contributed by atoms with Crippen molar-refractivity contribution in [2.75, 3.05) is 30.3 Å². The Morgan fingerprint density at radius 1 is 0.930 bits per heavy atom. The number of aliphatic hydroxyl groups is 1. The van der Waals surface area contributed by atoms with Crippen LogP contribution in [0.15, 0.2) is 36.7 Å². The van der Waals surface area contributed by atoms with Crippen molar-refractivity contribution in [3.63, 3.8) is 0 Å². The number of rotatable bonds is 8. The number of hydrogen-bond acceptors (Lipinski definition) is 10. The first-order valence-electron chi connectivity index (χ1n) is 14.0. The average molecular weight is 620 g/mol. The summed E-state index contributed by atoms with van der Waals surface area (Å²) in [5.74, 6) is 0.977. The zero-order chi connectivity index (χ0) is 30.6. The fourth-order valence-electron chi connectivity index (χ4n) is 3.86. The highest BCUT2D eigenvalue weighted by atomic mass is 32.1. The van der Waals surface area contributed by atoms with Gasteiger partial charge in [0.05, 0.1) is 0 Å². The predicted molar refractivity (Wildman–Crippen MR) is 173 cm³/mol. The average Bonchev–Trinajstić information content (AvgIpc) is 3.27. The minimum Gasteiger partial charge on any atom is -0.813 e. The van der Waals surface area contributed by atoms with E-state index >= 15 is 0 Å². The van der Waals surface area contributed by atoms with E-state index in [0.717, 1.165) is 49.2 Å². The molecule has 3 heterocycles. The summed E-state index contributed by atoms with van der Waals surface area (Å²) >= 11 is 0. The number of carbonyl (C=O) groups is 3. The number of aryl methyl sites for hydroxylation is 2. The first-order valence-corrected chi connectivity index (χ1v) is 14.0. The molecule has 0 radical (unpaired) electrons. The number of aromatic nitrogens is 2. The first-order chi connectivity index (χ1) is 19.2. The molecule has 0 saturated carbocycles. The summed E-state index contributed by atoms with van der Waals surface area (Å²) in [4.78, 5) is 47.3. The zero-order valence-corrected chi connectivity index (χ0v) is 27.5. The highest BCUT2D eigenvalue weighted by Gasteiger charge is 2.33. The summed E-state index contributed by atoms with van der Waals surface area (Å²) in [5.41, 5.74) is 6.05. The van der Waals surface area contributed by atoms with E-state index < -0.39 is 23.4 Å². The van der Waals surface area contributed by atoms with E-state index in [9.17, 15) is 14.4 Å². The lowest BCUT2D eigenvalue weighted by Crippen LogP contribution is -2.44. The van der Waals surface area contributed by atoms with Gasteiger partial charge in [-0.15, -0.1) is 0 Å². The summed E-state index contributed by atoms with van der Waals surface area (Å²) in [7, 11) is 0. The third kappa shape index (κ3) is 15.1. The first kappa shape index (κ1) is 39.6. The Balaban J connectivity index is 0.000000848. The van der Waals surface area contributed by atoms with Crippen LogP contribution >= 0.6 is 0 Å². The molecule has 3 amide bonds. The van der Waals surface area contributed by atoms with Gasteiger partial charge in [0, 0.05) is 38.5 Å². The smallest absolute Gasteiger partial charge is 0.425 e. The van der Waals surface area contributed by atoms with Crippen LogP contribution in [0.1, 0.15) is 78.4 Å². The van der Waals surface area contributed by atoms with Crippen molar-refractivity contribution in [1.82, 2.24) is 14.9 Å². The molecule has 3 rings (SSSR count). The number of ether oxygens (including phenoxy) is 2. The van der Waals surface area contributed by atoms with E-state index in [4.69, 9.17) is 20.3 Å². The van der Waals surface area contributed by atoms with Gasteiger partial charge in [-0.3, -0.25) is 4.79 Å². The van der Waals surface area contributed by atoms with Gasteiger partial charge in [0.1, 0.15) is 22.8 Å². The molecule has 43 heavy (non-hydrogen) atoms. The Morgan fingerprint density at radius 3 is 1.88 bits per heavy atom. The molecule has 2 aromatic heterocycles. The number of imide groups is 1. The van der Waals surface area contributed by atoms with Crippen LogP contribution in [0.25, 0.3) is 0 Å². The number of nitrogen functional groups attached to an aromatic ring is 1. The monoisotopic (exact) mass is 619 g/mol. The number of thiol groups is 1. The number of nitrogens with two attached hydrogens (primary N) is 1. The van der Waals surface area contributed by atoms with Crippen molar-refractivity contribution in [3.05, 3.63) is 55.2 Å². The maximum absolute atomic E-state index is 12.5. The lowest BCUT2D eigenvalue weighted by atomic mass is 10.1. The molecule has 0 aliphatic carbocycles. The molecule has 0 aromatic carbocycles. The summed E-state index contributed by atoms with van der Waals surface area (Å²) in [6.45, 7) is 12.2. The van der Waals surface area contributed by atoms with Crippen LogP contribution in [0.2, 0.25) is 0 Å². The molecule has 3 N–H and O–H groups in total. The van der Waals surface area contributed by atoms with Gasteiger partial charge in [-0.1, -0.05) is 12.1 Å². The van der Waals surface area contributed by atoms with E-state index in [1.165, 1.54) is 5.56 Å². The molecule has 1 aliphatic rings. The molecule has 0 spiro atoms. The van der Waals surface area contributed by atoms with Crippen LogP contribution in [0, 0.1) is 7.43 Å². The molecular formula is C31H49N5O6S-2. The summed E-state index contributed by atoms with van der Waals surface area (Å²) in [5, 5.41) is 8.88. The molecule has 11 nitrogen and oxygen atoms in total. The van der Waals surface area contributed by atoms with Crippen LogP contribution < -0.4 is 10.6 Å². The van der Waals surface area contributed by atoms with Crippen LogP contribution in [-0.4, -0.2) is 69.0 Å². The second-order valence-electron chi connectivity index (χ2n) is 11.8. The number of nitrogens with zero attached hydrogens (tertiary/aromatic N) is 4. The van der Waals surface area contributed by atoms with E-state index in [1.807, 2.05) is 17.0 Å². The number of likely N-dealkylation sites (tertiary alicyclic amines) is 1. The van der Waals surface area contributed by atoms with Crippen molar-refractivity contribution >= 4 is 43.2 Å². The van der Waals surface area contributed by atoms with Gasteiger partial charge in [-0.05, 0) is 96.9 Å².